The average Bonchev–Trinajstić information content (AvgIpc) is 2.40. The third-order valence-electron chi connectivity index (χ3n) is 2.67. The van der Waals surface area contributed by atoms with Crippen LogP contribution in [-0.4, -0.2) is 9.97 Å². The fraction of sp³-hybridized carbons (Fsp3) is 0.286. The van der Waals surface area contributed by atoms with E-state index < -0.39 is 0 Å². The molecule has 0 spiro atoms. The first-order chi connectivity index (χ1) is 9.22. The van der Waals surface area contributed by atoms with E-state index in [0.717, 1.165) is 24.1 Å². The largest absolute Gasteiger partial charge is 0.439 e. The van der Waals surface area contributed by atoms with Gasteiger partial charge in [0, 0.05) is 23.3 Å². The quantitative estimate of drug-likeness (QED) is 0.910. The second kappa shape index (κ2) is 6.50. The van der Waals surface area contributed by atoms with Crippen LogP contribution in [0.3, 0.4) is 0 Å². The average molecular weight is 278 g/mol. The fourth-order valence-electron chi connectivity index (χ4n) is 1.70. The number of benzene rings is 1. The van der Waals surface area contributed by atoms with Crippen LogP contribution in [-0.2, 0) is 13.0 Å². The SMILES string of the molecule is CCCc1cc(Oc2ccc(CN)c(Cl)c2)ncn1. The van der Waals surface area contributed by atoms with E-state index in [2.05, 4.69) is 16.9 Å². The molecule has 4 nitrogen and oxygen atoms in total. The van der Waals surface area contributed by atoms with Crippen LogP contribution in [0.4, 0.5) is 0 Å². The van der Waals surface area contributed by atoms with Crippen molar-refractivity contribution in [2.75, 3.05) is 0 Å². The minimum atomic E-state index is 0.410. The molecule has 0 aliphatic heterocycles. The van der Waals surface area contributed by atoms with Crippen molar-refractivity contribution in [1.82, 2.24) is 9.97 Å². The molecular formula is C14H16ClN3O. The van der Waals surface area contributed by atoms with Gasteiger partial charge >= 0.3 is 0 Å². The number of halogens is 1. The molecule has 19 heavy (non-hydrogen) atoms. The molecule has 0 radical (unpaired) electrons. The molecule has 2 aromatic rings. The van der Waals surface area contributed by atoms with Gasteiger partial charge in [-0.25, -0.2) is 9.97 Å². The summed E-state index contributed by atoms with van der Waals surface area (Å²) in [7, 11) is 0. The van der Waals surface area contributed by atoms with Crippen molar-refractivity contribution in [3.05, 3.63) is 46.9 Å². The van der Waals surface area contributed by atoms with Gasteiger partial charge in [-0.2, -0.15) is 0 Å². The Bertz CT molecular complexity index is 560. The Hall–Kier alpha value is -1.65. The minimum absolute atomic E-state index is 0.410. The Morgan fingerprint density at radius 2 is 2.11 bits per heavy atom. The molecule has 0 aliphatic rings. The maximum Gasteiger partial charge on any atom is 0.222 e. The number of hydrogen-bond acceptors (Lipinski definition) is 4. The summed E-state index contributed by atoms with van der Waals surface area (Å²) in [4.78, 5) is 8.27. The second-order valence-corrected chi connectivity index (χ2v) is 4.56. The zero-order valence-corrected chi connectivity index (χ0v) is 11.5. The molecule has 1 aromatic heterocycles. The number of rotatable bonds is 5. The van der Waals surface area contributed by atoms with Crippen LogP contribution in [0.1, 0.15) is 24.6 Å². The van der Waals surface area contributed by atoms with E-state index >= 15 is 0 Å². The minimum Gasteiger partial charge on any atom is -0.439 e. The van der Waals surface area contributed by atoms with Crippen molar-refractivity contribution in [3.8, 4) is 11.6 Å². The van der Waals surface area contributed by atoms with Gasteiger partial charge in [-0.05, 0) is 24.1 Å². The van der Waals surface area contributed by atoms with Crippen LogP contribution < -0.4 is 10.5 Å². The summed E-state index contributed by atoms with van der Waals surface area (Å²) < 4.78 is 5.67. The molecule has 0 fully saturated rings. The predicted molar refractivity (Wildman–Crippen MR) is 75.4 cm³/mol. The first kappa shape index (κ1) is 13.8. The van der Waals surface area contributed by atoms with Gasteiger partial charge in [-0.15, -0.1) is 0 Å². The Labute approximate surface area is 117 Å². The van der Waals surface area contributed by atoms with Crippen molar-refractivity contribution >= 4 is 11.6 Å². The third kappa shape index (κ3) is 3.66. The molecular weight excluding hydrogens is 262 g/mol. The summed E-state index contributed by atoms with van der Waals surface area (Å²) in [5.74, 6) is 1.17. The highest BCUT2D eigenvalue weighted by atomic mass is 35.5. The monoisotopic (exact) mass is 277 g/mol. The van der Waals surface area contributed by atoms with Gasteiger partial charge in [0.15, 0.2) is 0 Å². The first-order valence-electron chi connectivity index (χ1n) is 6.20. The number of aryl methyl sites for hydroxylation is 1. The lowest BCUT2D eigenvalue weighted by atomic mass is 10.2. The van der Waals surface area contributed by atoms with Gasteiger partial charge in [0.25, 0.3) is 0 Å². The smallest absolute Gasteiger partial charge is 0.222 e. The van der Waals surface area contributed by atoms with Gasteiger partial charge in [0.1, 0.15) is 12.1 Å². The third-order valence-corrected chi connectivity index (χ3v) is 3.02. The second-order valence-electron chi connectivity index (χ2n) is 4.16. The zero-order chi connectivity index (χ0) is 13.7. The van der Waals surface area contributed by atoms with Gasteiger partial charge in [-0.3, -0.25) is 0 Å². The molecule has 0 bridgehead atoms. The van der Waals surface area contributed by atoms with E-state index in [0.29, 0.717) is 23.2 Å². The summed E-state index contributed by atoms with van der Waals surface area (Å²) in [6.07, 6.45) is 3.45. The molecule has 0 aliphatic carbocycles. The molecule has 0 atom stereocenters. The number of aromatic nitrogens is 2. The summed E-state index contributed by atoms with van der Waals surface area (Å²) in [6, 6.07) is 7.26. The van der Waals surface area contributed by atoms with Gasteiger partial charge in [0.05, 0.1) is 0 Å². The summed E-state index contributed by atoms with van der Waals surface area (Å²) in [6.45, 7) is 2.52. The van der Waals surface area contributed by atoms with E-state index in [1.54, 1.807) is 6.07 Å². The van der Waals surface area contributed by atoms with Crippen molar-refractivity contribution in [2.45, 2.75) is 26.3 Å². The van der Waals surface area contributed by atoms with Crippen molar-refractivity contribution in [2.24, 2.45) is 5.73 Å². The van der Waals surface area contributed by atoms with E-state index in [-0.39, 0.29) is 0 Å². The van der Waals surface area contributed by atoms with Crippen molar-refractivity contribution < 1.29 is 4.74 Å². The number of nitrogens with zero attached hydrogens (tertiary/aromatic N) is 2. The Morgan fingerprint density at radius 3 is 2.79 bits per heavy atom. The molecule has 0 saturated heterocycles. The van der Waals surface area contributed by atoms with Crippen LogP contribution in [0.25, 0.3) is 0 Å². The van der Waals surface area contributed by atoms with Gasteiger partial charge in [0.2, 0.25) is 5.88 Å². The number of ether oxygens (including phenoxy) is 1. The molecule has 0 amide bonds. The van der Waals surface area contributed by atoms with E-state index in [4.69, 9.17) is 22.1 Å². The standard InChI is InChI=1S/C14H16ClN3O/c1-2-3-11-6-14(18-9-17-11)19-12-5-4-10(8-16)13(15)7-12/h4-7,9H,2-3,8,16H2,1H3. The molecule has 1 heterocycles. The Kier molecular flexibility index (Phi) is 4.71. The highest BCUT2D eigenvalue weighted by Crippen LogP contribution is 2.25. The molecule has 0 unspecified atom stereocenters. The highest BCUT2D eigenvalue weighted by Gasteiger charge is 2.04. The summed E-state index contributed by atoms with van der Waals surface area (Å²) >= 11 is 6.08. The van der Waals surface area contributed by atoms with E-state index in [1.807, 2.05) is 18.2 Å². The maximum atomic E-state index is 6.08. The Morgan fingerprint density at radius 1 is 1.26 bits per heavy atom. The molecule has 5 heteroatoms. The topological polar surface area (TPSA) is 61.0 Å². The fourth-order valence-corrected chi connectivity index (χ4v) is 1.95. The van der Waals surface area contributed by atoms with Crippen molar-refractivity contribution in [1.29, 1.82) is 0 Å². The van der Waals surface area contributed by atoms with Crippen molar-refractivity contribution in [3.63, 3.8) is 0 Å². The van der Waals surface area contributed by atoms with Crippen LogP contribution in [0.15, 0.2) is 30.6 Å². The molecule has 1 aromatic carbocycles. The predicted octanol–water partition coefficient (Wildman–Crippen LogP) is 3.33. The van der Waals surface area contributed by atoms with E-state index in [9.17, 15) is 0 Å². The maximum absolute atomic E-state index is 6.08. The first-order valence-corrected chi connectivity index (χ1v) is 6.58. The number of nitrogens with two attached hydrogens (primary N) is 1. The summed E-state index contributed by atoms with van der Waals surface area (Å²) in [5.41, 5.74) is 7.42. The van der Waals surface area contributed by atoms with Crippen LogP contribution in [0, 0.1) is 0 Å². The van der Waals surface area contributed by atoms with Gasteiger partial charge in [-0.1, -0.05) is 31.0 Å². The molecule has 100 valence electrons. The van der Waals surface area contributed by atoms with E-state index in [1.165, 1.54) is 6.33 Å². The van der Waals surface area contributed by atoms with Gasteiger partial charge < -0.3 is 10.5 Å². The molecule has 2 N–H and O–H groups in total. The summed E-state index contributed by atoms with van der Waals surface area (Å²) in [5, 5.41) is 0.600. The van der Waals surface area contributed by atoms with Crippen LogP contribution >= 0.6 is 11.6 Å². The lowest BCUT2D eigenvalue weighted by molar-refractivity contribution is 0.460. The lowest BCUT2D eigenvalue weighted by Crippen LogP contribution is -1.98. The van der Waals surface area contributed by atoms with Crippen LogP contribution in [0.2, 0.25) is 5.02 Å². The lowest BCUT2D eigenvalue weighted by Gasteiger charge is -2.07. The molecule has 2 rings (SSSR count). The molecule has 0 saturated carbocycles. The Balaban J connectivity index is 2.16. The highest BCUT2D eigenvalue weighted by molar-refractivity contribution is 6.31. The van der Waals surface area contributed by atoms with Crippen LogP contribution in [0.5, 0.6) is 11.6 Å². The zero-order valence-electron chi connectivity index (χ0n) is 10.8. The normalized spacial score (nSPS) is 10.5. The number of hydrogen-bond donors (Lipinski definition) is 1.